The minimum atomic E-state index is 0.0365. The third-order valence-corrected chi connectivity index (χ3v) is 3.05. The Bertz CT molecular complexity index is 318. The van der Waals surface area contributed by atoms with Gasteiger partial charge in [-0.05, 0) is 31.9 Å². The zero-order chi connectivity index (χ0) is 10.7. The number of carbonyl (C=O) groups excluding carboxylic acids is 1. The van der Waals surface area contributed by atoms with Crippen LogP contribution in [-0.4, -0.2) is 23.4 Å². The Morgan fingerprint density at radius 2 is 2.33 bits per heavy atom. The molecular weight excluding hydrogens is 190 g/mol. The van der Waals surface area contributed by atoms with Crippen LogP contribution in [0, 0.1) is 0 Å². The lowest BCUT2D eigenvalue weighted by atomic mass is 10.1. The molecule has 0 aliphatic carbocycles. The fourth-order valence-electron chi connectivity index (χ4n) is 2.12. The lowest BCUT2D eigenvalue weighted by Gasteiger charge is -2.26. The maximum absolute atomic E-state index is 12.1. The number of carbonyl (C=O) groups is 1. The average Bonchev–Trinajstić information content (AvgIpc) is 2.68. The van der Waals surface area contributed by atoms with Gasteiger partial charge in [-0.1, -0.05) is 12.8 Å². The Hall–Kier alpha value is -1.25. The highest BCUT2D eigenvalue weighted by molar-refractivity contribution is 5.91. The quantitative estimate of drug-likeness (QED) is 0.709. The molecule has 1 unspecified atom stereocenters. The number of rotatable bonds is 1. The van der Waals surface area contributed by atoms with Crippen molar-refractivity contribution in [2.45, 2.75) is 38.6 Å². The summed E-state index contributed by atoms with van der Waals surface area (Å²) < 4.78 is 5.15. The summed E-state index contributed by atoms with van der Waals surface area (Å²) in [6, 6.07) is 3.83. The second-order valence-electron chi connectivity index (χ2n) is 4.17. The molecule has 2 rings (SSSR count). The van der Waals surface area contributed by atoms with Crippen LogP contribution in [0.25, 0.3) is 0 Å². The first kappa shape index (κ1) is 10.3. The van der Waals surface area contributed by atoms with E-state index in [-0.39, 0.29) is 5.91 Å². The Balaban J connectivity index is 2.11. The van der Waals surface area contributed by atoms with Crippen LogP contribution in [0.1, 0.15) is 43.2 Å². The van der Waals surface area contributed by atoms with Crippen LogP contribution >= 0.6 is 0 Å². The summed E-state index contributed by atoms with van der Waals surface area (Å²) in [6.45, 7) is 2.98. The molecule has 1 amide bonds. The van der Waals surface area contributed by atoms with Gasteiger partial charge in [0.25, 0.3) is 5.91 Å². The third kappa shape index (κ3) is 2.22. The van der Waals surface area contributed by atoms with Gasteiger partial charge in [-0.25, -0.2) is 0 Å². The second-order valence-corrected chi connectivity index (χ2v) is 4.17. The molecule has 3 nitrogen and oxygen atoms in total. The summed E-state index contributed by atoms with van der Waals surface area (Å²) in [5.74, 6) is 0.498. The fraction of sp³-hybridized carbons (Fsp3) is 0.583. The van der Waals surface area contributed by atoms with E-state index in [2.05, 4.69) is 6.92 Å². The number of hydrogen-bond donors (Lipinski definition) is 0. The minimum absolute atomic E-state index is 0.0365. The molecule has 1 saturated heterocycles. The summed E-state index contributed by atoms with van der Waals surface area (Å²) in [7, 11) is 0. The lowest BCUT2D eigenvalue weighted by molar-refractivity contribution is 0.0665. The maximum Gasteiger partial charge on any atom is 0.289 e. The average molecular weight is 207 g/mol. The van der Waals surface area contributed by atoms with Gasteiger partial charge in [0.15, 0.2) is 5.76 Å². The van der Waals surface area contributed by atoms with Gasteiger partial charge in [0.2, 0.25) is 0 Å². The molecular formula is C12H17NO2. The highest BCUT2D eigenvalue weighted by Crippen LogP contribution is 2.18. The summed E-state index contributed by atoms with van der Waals surface area (Å²) in [4.78, 5) is 14.0. The molecule has 0 bridgehead atoms. The molecule has 0 N–H and O–H groups in total. The van der Waals surface area contributed by atoms with Gasteiger partial charge < -0.3 is 9.32 Å². The summed E-state index contributed by atoms with van der Waals surface area (Å²) in [5, 5.41) is 0. The molecule has 0 aromatic carbocycles. The first-order chi connectivity index (χ1) is 7.29. The largest absolute Gasteiger partial charge is 0.459 e. The first-order valence-electron chi connectivity index (χ1n) is 5.63. The fourth-order valence-corrected chi connectivity index (χ4v) is 2.12. The van der Waals surface area contributed by atoms with Gasteiger partial charge in [0.05, 0.1) is 6.26 Å². The van der Waals surface area contributed by atoms with Crippen LogP contribution < -0.4 is 0 Å². The van der Waals surface area contributed by atoms with Crippen molar-refractivity contribution in [3.8, 4) is 0 Å². The van der Waals surface area contributed by atoms with E-state index < -0.39 is 0 Å². The SMILES string of the molecule is CC1CCCCCN1C(=O)c1ccco1. The minimum Gasteiger partial charge on any atom is -0.459 e. The molecule has 82 valence electrons. The molecule has 1 aromatic heterocycles. The van der Waals surface area contributed by atoms with Crippen molar-refractivity contribution in [2.24, 2.45) is 0 Å². The van der Waals surface area contributed by atoms with E-state index in [1.807, 2.05) is 4.90 Å². The second kappa shape index (κ2) is 4.51. The van der Waals surface area contributed by atoms with E-state index in [4.69, 9.17) is 4.42 Å². The number of likely N-dealkylation sites (tertiary alicyclic amines) is 1. The molecule has 0 saturated carbocycles. The molecule has 0 spiro atoms. The van der Waals surface area contributed by atoms with Crippen molar-refractivity contribution >= 4 is 5.91 Å². The molecule has 0 radical (unpaired) electrons. The molecule has 1 atom stereocenters. The van der Waals surface area contributed by atoms with Gasteiger partial charge in [0.1, 0.15) is 0 Å². The van der Waals surface area contributed by atoms with Crippen LogP contribution in [0.5, 0.6) is 0 Å². The van der Waals surface area contributed by atoms with Crippen LogP contribution in [0.3, 0.4) is 0 Å². The standard InChI is InChI=1S/C12H17NO2/c1-10-6-3-2-4-8-13(10)12(14)11-7-5-9-15-11/h5,7,9-10H,2-4,6,8H2,1H3. The monoisotopic (exact) mass is 207 g/mol. The number of nitrogens with zero attached hydrogens (tertiary/aromatic N) is 1. The Morgan fingerprint density at radius 1 is 1.47 bits per heavy atom. The summed E-state index contributed by atoms with van der Waals surface area (Å²) in [6.07, 6.45) is 6.22. The van der Waals surface area contributed by atoms with Crippen LogP contribution in [0.15, 0.2) is 22.8 Å². The Morgan fingerprint density at radius 3 is 3.07 bits per heavy atom. The molecule has 1 aliphatic rings. The highest BCUT2D eigenvalue weighted by Gasteiger charge is 2.24. The summed E-state index contributed by atoms with van der Waals surface area (Å²) >= 11 is 0. The van der Waals surface area contributed by atoms with E-state index in [0.717, 1.165) is 19.4 Å². The van der Waals surface area contributed by atoms with Gasteiger partial charge in [0, 0.05) is 12.6 Å². The number of amides is 1. The van der Waals surface area contributed by atoms with Crippen molar-refractivity contribution in [3.63, 3.8) is 0 Å². The van der Waals surface area contributed by atoms with Crippen LogP contribution in [-0.2, 0) is 0 Å². The van der Waals surface area contributed by atoms with Gasteiger partial charge in [-0.2, -0.15) is 0 Å². The molecule has 1 aliphatic heterocycles. The van der Waals surface area contributed by atoms with E-state index >= 15 is 0 Å². The van der Waals surface area contributed by atoms with Crippen LogP contribution in [0.4, 0.5) is 0 Å². The van der Waals surface area contributed by atoms with E-state index in [1.54, 1.807) is 18.4 Å². The third-order valence-electron chi connectivity index (χ3n) is 3.05. The van der Waals surface area contributed by atoms with Gasteiger partial charge in [-0.3, -0.25) is 4.79 Å². The maximum atomic E-state index is 12.1. The molecule has 2 heterocycles. The van der Waals surface area contributed by atoms with E-state index in [0.29, 0.717) is 11.8 Å². The van der Waals surface area contributed by atoms with Crippen LogP contribution in [0.2, 0.25) is 0 Å². The van der Waals surface area contributed by atoms with Crippen molar-refractivity contribution in [3.05, 3.63) is 24.2 Å². The highest BCUT2D eigenvalue weighted by atomic mass is 16.3. The molecule has 15 heavy (non-hydrogen) atoms. The van der Waals surface area contributed by atoms with Crippen molar-refractivity contribution < 1.29 is 9.21 Å². The van der Waals surface area contributed by atoms with Crippen molar-refractivity contribution in [2.75, 3.05) is 6.54 Å². The molecule has 3 heteroatoms. The van der Waals surface area contributed by atoms with Gasteiger partial charge in [-0.15, -0.1) is 0 Å². The summed E-state index contributed by atoms with van der Waals surface area (Å²) in [5.41, 5.74) is 0. The Labute approximate surface area is 90.1 Å². The van der Waals surface area contributed by atoms with Crippen molar-refractivity contribution in [1.82, 2.24) is 4.90 Å². The number of furan rings is 1. The molecule has 1 aromatic rings. The lowest BCUT2D eigenvalue weighted by Crippen LogP contribution is -2.38. The van der Waals surface area contributed by atoms with Crippen molar-refractivity contribution in [1.29, 1.82) is 0 Å². The predicted octanol–water partition coefficient (Wildman–Crippen LogP) is 2.68. The zero-order valence-corrected chi connectivity index (χ0v) is 9.11. The smallest absolute Gasteiger partial charge is 0.289 e. The number of hydrogen-bond acceptors (Lipinski definition) is 2. The zero-order valence-electron chi connectivity index (χ0n) is 9.11. The van der Waals surface area contributed by atoms with E-state index in [1.165, 1.54) is 12.8 Å². The topological polar surface area (TPSA) is 33.5 Å². The molecule has 1 fully saturated rings. The Kier molecular flexibility index (Phi) is 3.09. The van der Waals surface area contributed by atoms with E-state index in [9.17, 15) is 4.79 Å². The predicted molar refractivity (Wildman–Crippen MR) is 57.7 cm³/mol. The normalized spacial score (nSPS) is 22.5. The van der Waals surface area contributed by atoms with Gasteiger partial charge >= 0.3 is 0 Å². The first-order valence-corrected chi connectivity index (χ1v) is 5.63.